The van der Waals surface area contributed by atoms with E-state index in [1.165, 1.54) is 22.3 Å². The van der Waals surface area contributed by atoms with Crippen molar-refractivity contribution in [2.45, 2.75) is 44.5 Å². The van der Waals surface area contributed by atoms with Gasteiger partial charge in [-0.25, -0.2) is 5.01 Å². The van der Waals surface area contributed by atoms with Gasteiger partial charge >= 0.3 is 0 Å². The number of hydrogen-bond donors (Lipinski definition) is 0. The van der Waals surface area contributed by atoms with Crippen LogP contribution in [0, 0.1) is 6.92 Å². The zero-order valence-electron chi connectivity index (χ0n) is 19.9. The molecule has 0 aromatic heterocycles. The third-order valence-electron chi connectivity index (χ3n) is 7.48. The second-order valence-electron chi connectivity index (χ2n) is 9.67. The number of para-hydroxylation sites is 1. The van der Waals surface area contributed by atoms with Crippen molar-refractivity contribution in [3.63, 3.8) is 0 Å². The lowest BCUT2D eigenvalue weighted by Gasteiger charge is -2.51. The number of hydrazone groups is 1. The van der Waals surface area contributed by atoms with Gasteiger partial charge in [-0.05, 0) is 24.1 Å². The van der Waals surface area contributed by atoms with Crippen LogP contribution in [0.2, 0.25) is 0 Å². The van der Waals surface area contributed by atoms with Gasteiger partial charge in [0.05, 0.1) is 18.9 Å². The molecule has 1 fully saturated rings. The van der Waals surface area contributed by atoms with Gasteiger partial charge in [-0.2, -0.15) is 5.10 Å². The summed E-state index contributed by atoms with van der Waals surface area (Å²) in [5, 5.41) is 7.50. The lowest BCUT2D eigenvalue weighted by atomic mass is 9.90. The Bertz CT molecular complexity index is 1200. The van der Waals surface area contributed by atoms with E-state index in [2.05, 4.69) is 83.6 Å². The topological polar surface area (TPSA) is 37.3 Å². The number of hydrogen-bond acceptors (Lipinski definition) is 5. The molecule has 1 spiro atoms. The molecular weight excluding hydrogens is 422 g/mol. The summed E-state index contributed by atoms with van der Waals surface area (Å²) in [7, 11) is 1.73. The molecule has 1 atom stereocenters. The first kappa shape index (κ1) is 21.2. The van der Waals surface area contributed by atoms with Crippen molar-refractivity contribution in [2.24, 2.45) is 5.10 Å². The summed E-state index contributed by atoms with van der Waals surface area (Å²) >= 11 is 0. The lowest BCUT2D eigenvalue weighted by Crippen LogP contribution is -2.59. The fraction of sp³-hybridized carbons (Fsp3) is 0.345. The number of rotatable bonds is 4. The molecule has 3 aliphatic rings. The number of fused-ring (bicyclic) bond motifs is 4. The van der Waals surface area contributed by atoms with E-state index in [-0.39, 0.29) is 6.04 Å². The fourth-order valence-electron chi connectivity index (χ4n) is 5.58. The number of methoxy groups -OCH3 is 1. The van der Waals surface area contributed by atoms with Crippen molar-refractivity contribution in [3.8, 4) is 11.5 Å². The highest BCUT2D eigenvalue weighted by atomic mass is 16.5. The molecule has 0 radical (unpaired) electrons. The Hall–Kier alpha value is -3.31. The van der Waals surface area contributed by atoms with Crippen molar-refractivity contribution in [2.75, 3.05) is 20.2 Å². The molecule has 0 bridgehead atoms. The molecule has 174 valence electrons. The van der Waals surface area contributed by atoms with Crippen LogP contribution in [0.15, 0.2) is 77.9 Å². The van der Waals surface area contributed by atoms with E-state index in [4.69, 9.17) is 14.6 Å². The van der Waals surface area contributed by atoms with Crippen molar-refractivity contribution in [1.29, 1.82) is 0 Å². The fourth-order valence-corrected chi connectivity index (χ4v) is 5.58. The van der Waals surface area contributed by atoms with Crippen LogP contribution in [0.25, 0.3) is 0 Å². The predicted octanol–water partition coefficient (Wildman–Crippen LogP) is 5.54. The summed E-state index contributed by atoms with van der Waals surface area (Å²) in [6.45, 7) is 5.03. The van der Waals surface area contributed by atoms with Crippen LogP contribution in [0.4, 0.5) is 0 Å². The normalized spacial score (nSPS) is 20.9. The summed E-state index contributed by atoms with van der Waals surface area (Å²) < 4.78 is 12.6. The highest BCUT2D eigenvalue weighted by molar-refractivity contribution is 6.02. The molecule has 5 heteroatoms. The molecule has 34 heavy (non-hydrogen) atoms. The maximum absolute atomic E-state index is 6.87. The van der Waals surface area contributed by atoms with Crippen LogP contribution in [-0.2, 0) is 6.54 Å². The zero-order valence-corrected chi connectivity index (χ0v) is 19.9. The Kier molecular flexibility index (Phi) is 5.30. The van der Waals surface area contributed by atoms with E-state index in [9.17, 15) is 0 Å². The molecule has 0 amide bonds. The highest BCUT2D eigenvalue weighted by Crippen LogP contribution is 2.52. The van der Waals surface area contributed by atoms with E-state index in [1.54, 1.807) is 7.11 Å². The average molecular weight is 454 g/mol. The van der Waals surface area contributed by atoms with Crippen LogP contribution in [0.5, 0.6) is 11.5 Å². The molecule has 0 saturated carbocycles. The Morgan fingerprint density at radius 3 is 2.47 bits per heavy atom. The molecule has 0 aliphatic carbocycles. The molecule has 1 saturated heterocycles. The first-order valence-electron chi connectivity index (χ1n) is 12.2. The van der Waals surface area contributed by atoms with Crippen LogP contribution in [0.1, 0.15) is 47.6 Å². The van der Waals surface area contributed by atoms with Gasteiger partial charge in [-0.3, -0.25) is 4.90 Å². The van der Waals surface area contributed by atoms with Gasteiger partial charge in [0.25, 0.3) is 0 Å². The summed E-state index contributed by atoms with van der Waals surface area (Å²) in [5.74, 6) is 1.70. The molecule has 1 unspecified atom stereocenters. The minimum atomic E-state index is -0.452. The van der Waals surface area contributed by atoms with Gasteiger partial charge in [-0.1, -0.05) is 72.3 Å². The van der Waals surface area contributed by atoms with E-state index in [0.717, 1.165) is 56.1 Å². The number of piperidine rings is 1. The third-order valence-corrected chi connectivity index (χ3v) is 7.48. The van der Waals surface area contributed by atoms with E-state index >= 15 is 0 Å². The van der Waals surface area contributed by atoms with E-state index in [1.807, 2.05) is 6.07 Å². The lowest BCUT2D eigenvalue weighted by molar-refractivity contribution is -0.151. The highest BCUT2D eigenvalue weighted by Gasteiger charge is 2.52. The second-order valence-corrected chi connectivity index (χ2v) is 9.67. The molecular formula is C29H31N3O2. The van der Waals surface area contributed by atoms with Crippen molar-refractivity contribution in [1.82, 2.24) is 9.91 Å². The first-order valence-corrected chi connectivity index (χ1v) is 12.2. The summed E-state index contributed by atoms with van der Waals surface area (Å²) in [6, 6.07) is 25.8. The van der Waals surface area contributed by atoms with Gasteiger partial charge in [0.15, 0.2) is 11.5 Å². The number of benzene rings is 3. The molecule has 3 aliphatic heterocycles. The number of nitrogens with zero attached hydrogens (tertiary/aromatic N) is 3. The van der Waals surface area contributed by atoms with Crippen LogP contribution >= 0.6 is 0 Å². The van der Waals surface area contributed by atoms with Crippen molar-refractivity contribution < 1.29 is 9.47 Å². The smallest absolute Gasteiger partial charge is 0.200 e. The Labute approximate surface area is 201 Å². The van der Waals surface area contributed by atoms with Crippen molar-refractivity contribution in [3.05, 3.63) is 95.1 Å². The molecule has 3 aromatic rings. The van der Waals surface area contributed by atoms with Crippen LogP contribution in [0.3, 0.4) is 0 Å². The Morgan fingerprint density at radius 1 is 0.971 bits per heavy atom. The molecule has 3 aromatic carbocycles. The Morgan fingerprint density at radius 2 is 1.74 bits per heavy atom. The first-order chi connectivity index (χ1) is 16.6. The largest absolute Gasteiger partial charge is 0.493 e. The van der Waals surface area contributed by atoms with Crippen molar-refractivity contribution >= 4 is 5.71 Å². The molecule has 3 heterocycles. The summed E-state index contributed by atoms with van der Waals surface area (Å²) in [5.41, 5.74) is 5.67. The quantitative estimate of drug-likeness (QED) is 0.520. The second kappa shape index (κ2) is 8.48. The number of likely N-dealkylation sites (tertiary alicyclic amines) is 1. The van der Waals surface area contributed by atoms with Gasteiger partial charge in [0.1, 0.15) is 0 Å². The maximum atomic E-state index is 6.87. The SMILES string of the molecule is COc1cccc2c1OC1(CCN(Cc3ccccc3)CC1)N1N=C(c3ccc(C)cc3)CC21. The van der Waals surface area contributed by atoms with Gasteiger partial charge in [0.2, 0.25) is 5.72 Å². The van der Waals surface area contributed by atoms with E-state index in [0.29, 0.717) is 0 Å². The Balaban J connectivity index is 1.33. The van der Waals surface area contributed by atoms with Gasteiger partial charge in [-0.15, -0.1) is 0 Å². The monoisotopic (exact) mass is 453 g/mol. The van der Waals surface area contributed by atoms with Crippen LogP contribution in [-0.4, -0.2) is 41.5 Å². The van der Waals surface area contributed by atoms with E-state index < -0.39 is 5.72 Å². The third kappa shape index (κ3) is 3.64. The molecule has 0 N–H and O–H groups in total. The number of aryl methyl sites for hydroxylation is 1. The molecule has 5 nitrogen and oxygen atoms in total. The predicted molar refractivity (Wildman–Crippen MR) is 134 cm³/mol. The van der Waals surface area contributed by atoms with Gasteiger partial charge in [0, 0.05) is 44.5 Å². The standard InChI is InChI=1S/C29H31N3O2/c1-21-11-13-23(14-12-21)25-19-26-24-9-6-10-27(33-2)28(24)34-29(32(26)30-25)15-17-31(18-16-29)20-22-7-4-3-5-8-22/h3-14,26H,15-20H2,1-2H3. The zero-order chi connectivity index (χ0) is 23.1. The summed E-state index contributed by atoms with van der Waals surface area (Å²) in [6.07, 6.45) is 2.68. The minimum absolute atomic E-state index is 0.163. The van der Waals surface area contributed by atoms with Crippen LogP contribution < -0.4 is 9.47 Å². The maximum Gasteiger partial charge on any atom is 0.200 e. The van der Waals surface area contributed by atoms with Gasteiger partial charge < -0.3 is 9.47 Å². The minimum Gasteiger partial charge on any atom is -0.493 e. The molecule has 6 rings (SSSR count). The summed E-state index contributed by atoms with van der Waals surface area (Å²) in [4.78, 5) is 2.53. The number of ether oxygens (including phenoxy) is 2. The average Bonchev–Trinajstić information content (AvgIpc) is 3.33.